The number of allylic oxidation sites excluding steroid dienone is 2. The second-order valence-electron chi connectivity index (χ2n) is 3.52. The number of methoxy groups -OCH3 is 1. The number of hydrogen-bond donors (Lipinski definition) is 1. The highest BCUT2D eigenvalue weighted by Crippen LogP contribution is 2.15. The van der Waals surface area contributed by atoms with Gasteiger partial charge in [0.2, 0.25) is 0 Å². The van der Waals surface area contributed by atoms with E-state index in [1.54, 1.807) is 13.2 Å². The van der Waals surface area contributed by atoms with Gasteiger partial charge in [-0.2, -0.15) is 0 Å². The van der Waals surface area contributed by atoms with Crippen LogP contribution in [-0.4, -0.2) is 18.2 Å². The molecule has 0 heterocycles. The van der Waals surface area contributed by atoms with E-state index in [0.29, 0.717) is 0 Å². The molecule has 1 aromatic carbocycles. The van der Waals surface area contributed by atoms with Crippen molar-refractivity contribution in [3.8, 4) is 5.75 Å². The predicted molar refractivity (Wildman–Crippen MR) is 68.0 cm³/mol. The van der Waals surface area contributed by atoms with Gasteiger partial charge in [-0.1, -0.05) is 31.2 Å². The summed E-state index contributed by atoms with van der Waals surface area (Å²) >= 11 is 0. The van der Waals surface area contributed by atoms with E-state index in [1.807, 2.05) is 37.3 Å². The summed E-state index contributed by atoms with van der Waals surface area (Å²) in [7, 11) is 1.62. The first kappa shape index (κ1) is 13.0. The largest absolute Gasteiger partial charge is 0.497 e. The zero-order valence-electron chi connectivity index (χ0n) is 10.0. The summed E-state index contributed by atoms with van der Waals surface area (Å²) in [6.07, 6.45) is 5.51. The molecule has 0 amide bonds. The monoisotopic (exact) mass is 232 g/mol. The van der Waals surface area contributed by atoms with Crippen molar-refractivity contribution in [1.29, 1.82) is 0 Å². The van der Waals surface area contributed by atoms with Crippen LogP contribution in [0.1, 0.15) is 18.9 Å². The summed E-state index contributed by atoms with van der Waals surface area (Å²) in [6.45, 7) is 1.99. The Bertz CT molecular complexity index is 427. The standard InChI is InChI=1S/C14H16O3/c1-3-11(6-9-14(15)16)10-12-4-7-13(17-2)8-5-12/h4-10H,3H2,1-2H3,(H,15,16). The normalized spacial score (nSPS) is 11.8. The lowest BCUT2D eigenvalue weighted by Crippen LogP contribution is -1.87. The molecule has 0 spiro atoms. The van der Waals surface area contributed by atoms with Crippen molar-refractivity contribution in [3.63, 3.8) is 0 Å². The molecule has 0 fully saturated rings. The molecule has 90 valence electrons. The third kappa shape index (κ3) is 4.55. The van der Waals surface area contributed by atoms with Crippen LogP contribution in [-0.2, 0) is 4.79 Å². The Morgan fingerprint density at radius 1 is 1.29 bits per heavy atom. The molecule has 1 rings (SSSR count). The molecular formula is C14H16O3. The first-order valence-corrected chi connectivity index (χ1v) is 5.41. The molecule has 17 heavy (non-hydrogen) atoms. The van der Waals surface area contributed by atoms with Crippen molar-refractivity contribution in [1.82, 2.24) is 0 Å². The van der Waals surface area contributed by atoms with Crippen molar-refractivity contribution in [3.05, 3.63) is 47.6 Å². The van der Waals surface area contributed by atoms with Gasteiger partial charge in [-0.15, -0.1) is 0 Å². The fourth-order valence-electron chi connectivity index (χ4n) is 1.36. The van der Waals surface area contributed by atoms with E-state index in [2.05, 4.69) is 0 Å². The number of carboxylic acid groups (broad SMARTS) is 1. The third-order valence-corrected chi connectivity index (χ3v) is 2.32. The minimum absolute atomic E-state index is 0.788. The minimum Gasteiger partial charge on any atom is -0.497 e. The van der Waals surface area contributed by atoms with Gasteiger partial charge in [-0.25, -0.2) is 4.79 Å². The highest BCUT2D eigenvalue weighted by atomic mass is 16.5. The Kier molecular flexibility index (Phi) is 5.01. The fraction of sp³-hybridized carbons (Fsp3) is 0.214. The minimum atomic E-state index is -0.931. The van der Waals surface area contributed by atoms with Crippen LogP contribution in [0.5, 0.6) is 5.75 Å². The maximum absolute atomic E-state index is 10.4. The topological polar surface area (TPSA) is 46.5 Å². The van der Waals surface area contributed by atoms with Crippen molar-refractivity contribution < 1.29 is 14.6 Å². The number of ether oxygens (including phenoxy) is 1. The molecule has 0 unspecified atom stereocenters. The molecule has 0 saturated carbocycles. The Morgan fingerprint density at radius 2 is 1.94 bits per heavy atom. The molecule has 3 nitrogen and oxygen atoms in total. The SMILES string of the molecule is CCC(C=CC(=O)O)=Cc1ccc(OC)cc1. The number of benzene rings is 1. The highest BCUT2D eigenvalue weighted by Gasteiger charge is 1.94. The molecule has 1 N–H and O–H groups in total. The Balaban J connectivity index is 2.86. The van der Waals surface area contributed by atoms with Crippen LogP contribution in [0.25, 0.3) is 6.08 Å². The average Bonchev–Trinajstić information content (AvgIpc) is 2.35. The van der Waals surface area contributed by atoms with E-state index < -0.39 is 5.97 Å². The molecular weight excluding hydrogens is 216 g/mol. The van der Waals surface area contributed by atoms with Gasteiger partial charge < -0.3 is 9.84 Å². The van der Waals surface area contributed by atoms with Crippen molar-refractivity contribution >= 4 is 12.0 Å². The molecule has 0 saturated heterocycles. The number of aliphatic carboxylic acids is 1. The highest BCUT2D eigenvalue weighted by molar-refractivity contribution is 5.80. The van der Waals surface area contributed by atoms with E-state index in [1.165, 1.54) is 0 Å². The molecule has 0 atom stereocenters. The van der Waals surface area contributed by atoms with Crippen molar-refractivity contribution in [2.75, 3.05) is 7.11 Å². The van der Waals surface area contributed by atoms with E-state index >= 15 is 0 Å². The number of rotatable bonds is 5. The lowest BCUT2D eigenvalue weighted by molar-refractivity contribution is -0.131. The van der Waals surface area contributed by atoms with Crippen LogP contribution < -0.4 is 4.74 Å². The van der Waals surface area contributed by atoms with E-state index in [0.717, 1.165) is 29.4 Å². The summed E-state index contributed by atoms with van der Waals surface area (Å²) < 4.78 is 5.07. The second kappa shape index (κ2) is 6.53. The molecule has 0 aromatic heterocycles. The van der Waals surface area contributed by atoms with E-state index in [-0.39, 0.29) is 0 Å². The Labute approximate surface area is 101 Å². The van der Waals surface area contributed by atoms with Crippen LogP contribution in [0.4, 0.5) is 0 Å². The lowest BCUT2D eigenvalue weighted by Gasteiger charge is -2.01. The fourth-order valence-corrected chi connectivity index (χ4v) is 1.36. The molecule has 0 aliphatic carbocycles. The van der Waals surface area contributed by atoms with Crippen LogP contribution in [0, 0.1) is 0 Å². The maximum Gasteiger partial charge on any atom is 0.328 e. The van der Waals surface area contributed by atoms with Crippen molar-refractivity contribution in [2.45, 2.75) is 13.3 Å². The maximum atomic E-state index is 10.4. The Hall–Kier alpha value is -2.03. The number of carbonyl (C=O) groups is 1. The molecule has 1 aromatic rings. The van der Waals surface area contributed by atoms with Crippen LogP contribution >= 0.6 is 0 Å². The summed E-state index contributed by atoms with van der Waals surface area (Å²) in [4.78, 5) is 10.4. The zero-order chi connectivity index (χ0) is 12.7. The Morgan fingerprint density at radius 3 is 2.41 bits per heavy atom. The van der Waals surface area contributed by atoms with Gasteiger partial charge in [-0.3, -0.25) is 0 Å². The van der Waals surface area contributed by atoms with Gasteiger partial charge >= 0.3 is 5.97 Å². The van der Waals surface area contributed by atoms with Gasteiger partial charge in [0.15, 0.2) is 0 Å². The first-order valence-electron chi connectivity index (χ1n) is 5.41. The smallest absolute Gasteiger partial charge is 0.328 e. The number of carboxylic acids is 1. The van der Waals surface area contributed by atoms with Gasteiger partial charge in [0.05, 0.1) is 7.11 Å². The number of hydrogen-bond acceptors (Lipinski definition) is 2. The van der Waals surface area contributed by atoms with E-state index in [4.69, 9.17) is 9.84 Å². The van der Waals surface area contributed by atoms with Gasteiger partial charge in [0.1, 0.15) is 5.75 Å². The van der Waals surface area contributed by atoms with Crippen LogP contribution in [0.15, 0.2) is 42.0 Å². The summed E-state index contributed by atoms with van der Waals surface area (Å²) in [5.41, 5.74) is 2.00. The quantitative estimate of drug-likeness (QED) is 0.626. The summed E-state index contributed by atoms with van der Waals surface area (Å²) in [5, 5.41) is 8.56. The van der Waals surface area contributed by atoms with Crippen molar-refractivity contribution in [2.24, 2.45) is 0 Å². The summed E-state index contributed by atoms with van der Waals surface area (Å²) in [5.74, 6) is -0.125. The van der Waals surface area contributed by atoms with Gasteiger partial charge in [0, 0.05) is 6.08 Å². The molecule has 3 heteroatoms. The third-order valence-electron chi connectivity index (χ3n) is 2.32. The zero-order valence-corrected chi connectivity index (χ0v) is 10.0. The molecule has 0 aliphatic rings. The second-order valence-corrected chi connectivity index (χ2v) is 3.52. The molecule has 0 bridgehead atoms. The van der Waals surface area contributed by atoms with Crippen LogP contribution in [0.2, 0.25) is 0 Å². The lowest BCUT2D eigenvalue weighted by atomic mass is 10.1. The van der Waals surface area contributed by atoms with Crippen LogP contribution in [0.3, 0.4) is 0 Å². The van der Waals surface area contributed by atoms with E-state index in [9.17, 15) is 4.79 Å². The molecule has 0 radical (unpaired) electrons. The van der Waals surface area contributed by atoms with Gasteiger partial charge in [-0.05, 0) is 29.7 Å². The first-order chi connectivity index (χ1) is 8.15. The average molecular weight is 232 g/mol. The summed E-state index contributed by atoms with van der Waals surface area (Å²) in [6, 6.07) is 7.62. The predicted octanol–water partition coefficient (Wildman–Crippen LogP) is 3.13. The van der Waals surface area contributed by atoms with Gasteiger partial charge in [0.25, 0.3) is 0 Å². The molecule has 0 aliphatic heterocycles.